The van der Waals surface area contributed by atoms with Crippen LogP contribution in [0.2, 0.25) is 0 Å². The summed E-state index contributed by atoms with van der Waals surface area (Å²) in [7, 11) is 3.40. The third kappa shape index (κ3) is 6.13. The molecule has 0 bridgehead atoms. The van der Waals surface area contributed by atoms with Crippen LogP contribution in [0.5, 0.6) is 0 Å². The minimum atomic E-state index is -0.228. The number of hydrogen-bond acceptors (Lipinski definition) is 3. The molecule has 0 saturated carbocycles. The van der Waals surface area contributed by atoms with Gasteiger partial charge in [-0.1, -0.05) is 0 Å². The lowest BCUT2D eigenvalue weighted by molar-refractivity contribution is -0.143. The molecule has 0 aliphatic heterocycles. The second-order valence-electron chi connectivity index (χ2n) is 2.95. The predicted octanol–water partition coefficient (Wildman–Crippen LogP) is 0.808. The zero-order chi connectivity index (χ0) is 10.3. The molecule has 0 spiro atoms. The van der Waals surface area contributed by atoms with E-state index in [-0.39, 0.29) is 11.9 Å². The lowest BCUT2D eigenvalue weighted by Gasteiger charge is -2.09. The highest BCUT2D eigenvalue weighted by Gasteiger charge is 2.06. The normalized spacial score (nSPS) is 9.46. The number of hydrogen-bond donors (Lipinski definition) is 0. The van der Waals surface area contributed by atoms with Gasteiger partial charge in [-0.25, -0.2) is 0 Å². The van der Waals surface area contributed by atoms with Crippen molar-refractivity contribution in [1.82, 2.24) is 4.90 Å². The summed E-state index contributed by atoms with van der Waals surface area (Å²) < 4.78 is 4.72. The van der Waals surface area contributed by atoms with Crippen molar-refractivity contribution in [2.24, 2.45) is 0 Å². The Bertz CT molecular complexity index is 178. The molecular weight excluding hydrogens is 170 g/mol. The minimum absolute atomic E-state index is 0.0456. The number of rotatable bonds is 5. The number of esters is 1. The third-order valence-corrected chi connectivity index (χ3v) is 1.58. The second-order valence-corrected chi connectivity index (χ2v) is 2.95. The average Bonchev–Trinajstić information content (AvgIpc) is 2.04. The maximum Gasteiger partial charge on any atom is 0.305 e. The van der Waals surface area contributed by atoms with Crippen molar-refractivity contribution >= 4 is 11.9 Å². The molecule has 13 heavy (non-hydrogen) atoms. The van der Waals surface area contributed by atoms with Crippen LogP contribution in [0.1, 0.15) is 26.2 Å². The molecule has 0 atom stereocenters. The fraction of sp³-hybridized carbons (Fsp3) is 0.778. The third-order valence-electron chi connectivity index (χ3n) is 1.58. The van der Waals surface area contributed by atoms with Gasteiger partial charge >= 0.3 is 5.97 Å². The number of carbonyl (C=O) groups is 2. The van der Waals surface area contributed by atoms with E-state index < -0.39 is 0 Å². The van der Waals surface area contributed by atoms with Crippen molar-refractivity contribution in [3.63, 3.8) is 0 Å². The van der Waals surface area contributed by atoms with Crippen molar-refractivity contribution in [3.05, 3.63) is 0 Å². The van der Waals surface area contributed by atoms with Crippen LogP contribution >= 0.6 is 0 Å². The fourth-order valence-corrected chi connectivity index (χ4v) is 0.841. The van der Waals surface area contributed by atoms with Gasteiger partial charge in [0.25, 0.3) is 0 Å². The maximum atomic E-state index is 11.1. The Balaban J connectivity index is 3.45. The quantitative estimate of drug-likeness (QED) is 0.598. The van der Waals surface area contributed by atoms with Crippen LogP contribution in [0.4, 0.5) is 0 Å². The predicted molar refractivity (Wildman–Crippen MR) is 49.2 cm³/mol. The molecule has 0 aromatic heterocycles. The van der Waals surface area contributed by atoms with Crippen LogP contribution in [-0.2, 0) is 14.3 Å². The Kier molecular flexibility index (Phi) is 5.93. The second kappa shape index (κ2) is 6.46. The van der Waals surface area contributed by atoms with Gasteiger partial charge < -0.3 is 9.64 Å². The van der Waals surface area contributed by atoms with E-state index in [2.05, 4.69) is 0 Å². The van der Waals surface area contributed by atoms with Crippen molar-refractivity contribution in [1.29, 1.82) is 0 Å². The first-order chi connectivity index (χ1) is 6.07. The largest absolute Gasteiger partial charge is 0.466 e. The van der Waals surface area contributed by atoms with Gasteiger partial charge in [0.15, 0.2) is 0 Å². The zero-order valence-electron chi connectivity index (χ0n) is 8.50. The molecular formula is C9H17NO3. The summed E-state index contributed by atoms with van der Waals surface area (Å²) >= 11 is 0. The van der Waals surface area contributed by atoms with Crippen LogP contribution < -0.4 is 0 Å². The first-order valence-electron chi connectivity index (χ1n) is 4.43. The van der Waals surface area contributed by atoms with E-state index in [1.54, 1.807) is 21.0 Å². The van der Waals surface area contributed by atoms with Gasteiger partial charge in [0, 0.05) is 26.9 Å². The summed E-state index contributed by atoms with van der Waals surface area (Å²) in [6, 6.07) is 0. The Hall–Kier alpha value is -1.06. The van der Waals surface area contributed by atoms with Crippen molar-refractivity contribution in [2.75, 3.05) is 20.7 Å². The zero-order valence-corrected chi connectivity index (χ0v) is 8.50. The Morgan fingerprint density at radius 3 is 2.31 bits per heavy atom. The molecule has 0 radical (unpaired) electrons. The van der Waals surface area contributed by atoms with Crippen LogP contribution in [0.3, 0.4) is 0 Å². The molecule has 1 amide bonds. The van der Waals surface area contributed by atoms with Gasteiger partial charge in [-0.15, -0.1) is 0 Å². The van der Waals surface area contributed by atoms with Crippen molar-refractivity contribution in [2.45, 2.75) is 26.2 Å². The lowest BCUT2D eigenvalue weighted by Crippen LogP contribution is -2.21. The van der Waals surface area contributed by atoms with Gasteiger partial charge in [-0.3, -0.25) is 9.59 Å². The first kappa shape index (κ1) is 11.9. The van der Waals surface area contributed by atoms with E-state index in [0.717, 1.165) is 0 Å². The van der Waals surface area contributed by atoms with E-state index >= 15 is 0 Å². The van der Waals surface area contributed by atoms with Crippen molar-refractivity contribution in [3.8, 4) is 0 Å². The van der Waals surface area contributed by atoms with Crippen LogP contribution in [-0.4, -0.2) is 37.5 Å². The van der Waals surface area contributed by atoms with Crippen LogP contribution in [0.15, 0.2) is 0 Å². The lowest BCUT2D eigenvalue weighted by atomic mass is 10.2. The molecule has 0 saturated heterocycles. The van der Waals surface area contributed by atoms with Crippen molar-refractivity contribution < 1.29 is 14.3 Å². The molecule has 4 nitrogen and oxygen atoms in total. The molecule has 0 fully saturated rings. The summed E-state index contributed by atoms with van der Waals surface area (Å²) in [6.07, 6.45) is 1.30. The monoisotopic (exact) mass is 187 g/mol. The van der Waals surface area contributed by atoms with Gasteiger partial charge in [0.1, 0.15) is 0 Å². The SMILES string of the molecule is CCOC(=O)CCCC(=O)N(C)C. The number of amides is 1. The molecule has 0 rings (SSSR count). The van der Waals surface area contributed by atoms with Gasteiger partial charge in [-0.2, -0.15) is 0 Å². The van der Waals surface area contributed by atoms with Crippen LogP contribution in [0.25, 0.3) is 0 Å². The Labute approximate surface area is 78.9 Å². The molecule has 0 unspecified atom stereocenters. The maximum absolute atomic E-state index is 11.1. The van der Waals surface area contributed by atoms with Gasteiger partial charge in [0.2, 0.25) is 5.91 Å². The molecule has 0 heterocycles. The molecule has 4 heteroatoms. The summed E-state index contributed by atoms with van der Waals surface area (Å²) in [4.78, 5) is 23.4. The highest BCUT2D eigenvalue weighted by molar-refractivity contribution is 5.76. The molecule has 0 aromatic carbocycles. The summed E-state index contributed by atoms with van der Waals surface area (Å²) in [6.45, 7) is 2.17. The number of nitrogens with zero attached hydrogens (tertiary/aromatic N) is 1. The standard InChI is InChI=1S/C9H17NO3/c1-4-13-9(12)7-5-6-8(11)10(2)3/h4-7H2,1-3H3. The molecule has 0 aromatic rings. The van der Waals surface area contributed by atoms with E-state index in [0.29, 0.717) is 25.9 Å². The molecule has 76 valence electrons. The summed E-state index contributed by atoms with van der Waals surface area (Å²) in [5.41, 5.74) is 0. The fourth-order valence-electron chi connectivity index (χ4n) is 0.841. The topological polar surface area (TPSA) is 46.6 Å². The van der Waals surface area contributed by atoms with E-state index in [9.17, 15) is 9.59 Å². The summed E-state index contributed by atoms with van der Waals surface area (Å²) in [5.74, 6) is -0.182. The minimum Gasteiger partial charge on any atom is -0.466 e. The van der Waals surface area contributed by atoms with Gasteiger partial charge in [-0.05, 0) is 13.3 Å². The average molecular weight is 187 g/mol. The Morgan fingerprint density at radius 1 is 1.23 bits per heavy atom. The van der Waals surface area contributed by atoms with E-state index in [1.807, 2.05) is 0 Å². The number of ether oxygens (including phenoxy) is 1. The van der Waals surface area contributed by atoms with Crippen LogP contribution in [0, 0.1) is 0 Å². The highest BCUT2D eigenvalue weighted by atomic mass is 16.5. The number of carbonyl (C=O) groups excluding carboxylic acids is 2. The van der Waals surface area contributed by atoms with E-state index in [1.165, 1.54) is 4.90 Å². The highest BCUT2D eigenvalue weighted by Crippen LogP contribution is 1.99. The van der Waals surface area contributed by atoms with E-state index in [4.69, 9.17) is 4.74 Å². The molecule has 0 aliphatic carbocycles. The molecule has 0 N–H and O–H groups in total. The smallest absolute Gasteiger partial charge is 0.305 e. The first-order valence-corrected chi connectivity index (χ1v) is 4.43. The molecule has 0 aliphatic rings. The Morgan fingerprint density at radius 2 is 1.85 bits per heavy atom. The summed E-state index contributed by atoms with van der Waals surface area (Å²) in [5, 5.41) is 0. The van der Waals surface area contributed by atoms with Gasteiger partial charge in [0.05, 0.1) is 6.61 Å².